The molecule has 0 fully saturated rings. The number of rotatable bonds is 4. The molecule has 0 amide bonds. The van der Waals surface area contributed by atoms with E-state index in [1.54, 1.807) is 0 Å². The van der Waals surface area contributed by atoms with Gasteiger partial charge in [0.25, 0.3) is 0 Å². The minimum atomic E-state index is 0.105. The lowest BCUT2D eigenvalue weighted by Gasteiger charge is -2.07. The zero-order valence-electron chi connectivity index (χ0n) is 6.88. The molecule has 0 aliphatic heterocycles. The average molecular weight is 234 g/mol. The van der Waals surface area contributed by atoms with E-state index in [1.165, 1.54) is 0 Å². The van der Waals surface area contributed by atoms with Crippen molar-refractivity contribution in [3.05, 3.63) is 22.6 Å². The molecule has 2 N–H and O–H groups in total. The Hall–Kier alpha value is -0.320. The average Bonchev–Trinajstić information content (AvgIpc) is 2.47. The van der Waals surface area contributed by atoms with Crippen LogP contribution in [0.15, 0.2) is 21.2 Å². The molecule has 12 heavy (non-hydrogen) atoms. The van der Waals surface area contributed by atoms with Crippen molar-refractivity contribution in [2.75, 3.05) is 6.61 Å². The van der Waals surface area contributed by atoms with Gasteiger partial charge in [-0.05, 0) is 35.0 Å². The number of furan rings is 1. The summed E-state index contributed by atoms with van der Waals surface area (Å²) < 4.78 is 5.98. The Bertz CT molecular complexity index is 237. The second-order valence-corrected chi connectivity index (χ2v) is 3.45. The highest BCUT2D eigenvalue weighted by molar-refractivity contribution is 9.10. The number of aliphatic hydroxyl groups is 1. The van der Waals surface area contributed by atoms with E-state index in [1.807, 2.05) is 19.1 Å². The maximum atomic E-state index is 8.72. The van der Waals surface area contributed by atoms with E-state index in [9.17, 15) is 0 Å². The lowest BCUT2D eigenvalue weighted by Crippen LogP contribution is -2.28. The zero-order chi connectivity index (χ0) is 8.97. The number of nitrogens with one attached hydrogen (secondary N) is 1. The molecule has 4 heteroatoms. The van der Waals surface area contributed by atoms with Crippen LogP contribution < -0.4 is 5.32 Å². The van der Waals surface area contributed by atoms with E-state index < -0.39 is 0 Å². The van der Waals surface area contributed by atoms with Gasteiger partial charge in [0.1, 0.15) is 5.76 Å². The van der Waals surface area contributed by atoms with Crippen molar-refractivity contribution in [3.63, 3.8) is 0 Å². The normalized spacial score (nSPS) is 13.2. The topological polar surface area (TPSA) is 45.4 Å². The Labute approximate surface area is 79.9 Å². The Morgan fingerprint density at radius 3 is 2.92 bits per heavy atom. The highest BCUT2D eigenvalue weighted by Crippen LogP contribution is 2.13. The molecule has 0 saturated carbocycles. The molecule has 1 atom stereocenters. The van der Waals surface area contributed by atoms with Crippen molar-refractivity contribution >= 4 is 15.9 Å². The third-order valence-corrected chi connectivity index (χ3v) is 1.95. The minimum Gasteiger partial charge on any atom is -0.453 e. The number of aliphatic hydroxyl groups excluding tert-OH is 1. The minimum absolute atomic E-state index is 0.105. The van der Waals surface area contributed by atoms with Crippen LogP contribution in [0.1, 0.15) is 12.7 Å². The molecule has 3 nitrogen and oxygen atoms in total. The van der Waals surface area contributed by atoms with Crippen LogP contribution in [0.3, 0.4) is 0 Å². The van der Waals surface area contributed by atoms with Crippen molar-refractivity contribution in [1.29, 1.82) is 0 Å². The molecule has 1 unspecified atom stereocenters. The van der Waals surface area contributed by atoms with Crippen LogP contribution in [0.25, 0.3) is 0 Å². The first-order valence-electron chi connectivity index (χ1n) is 3.81. The first kappa shape index (κ1) is 9.77. The first-order valence-corrected chi connectivity index (χ1v) is 4.60. The molecule has 0 spiro atoms. The molecule has 1 aromatic heterocycles. The maximum Gasteiger partial charge on any atom is 0.169 e. The molecule has 68 valence electrons. The fourth-order valence-electron chi connectivity index (χ4n) is 0.786. The monoisotopic (exact) mass is 233 g/mol. The van der Waals surface area contributed by atoms with Crippen LogP contribution in [0.2, 0.25) is 0 Å². The second-order valence-electron chi connectivity index (χ2n) is 2.67. The van der Waals surface area contributed by atoms with Crippen molar-refractivity contribution in [2.45, 2.75) is 19.5 Å². The molecule has 0 aromatic carbocycles. The van der Waals surface area contributed by atoms with Gasteiger partial charge in [-0.3, -0.25) is 0 Å². The van der Waals surface area contributed by atoms with Crippen LogP contribution in [-0.2, 0) is 6.54 Å². The third kappa shape index (κ3) is 2.97. The lowest BCUT2D eigenvalue weighted by atomic mass is 10.3. The first-order chi connectivity index (χ1) is 5.72. The molecule has 1 heterocycles. The van der Waals surface area contributed by atoms with Gasteiger partial charge in [-0.2, -0.15) is 0 Å². The van der Waals surface area contributed by atoms with Crippen molar-refractivity contribution in [3.8, 4) is 0 Å². The third-order valence-electron chi connectivity index (χ3n) is 1.53. The molecule has 1 rings (SSSR count). The molecule has 0 aliphatic carbocycles. The van der Waals surface area contributed by atoms with Gasteiger partial charge in [-0.15, -0.1) is 0 Å². The van der Waals surface area contributed by atoms with Gasteiger partial charge in [0, 0.05) is 6.04 Å². The molecular weight excluding hydrogens is 222 g/mol. The zero-order valence-corrected chi connectivity index (χ0v) is 8.47. The van der Waals surface area contributed by atoms with Gasteiger partial charge >= 0.3 is 0 Å². The Morgan fingerprint density at radius 1 is 1.67 bits per heavy atom. The fraction of sp³-hybridized carbons (Fsp3) is 0.500. The standard InChI is InChI=1S/C8H12BrNO2/c1-6(5-11)10-4-7-2-3-8(9)12-7/h2-3,6,10-11H,4-5H2,1H3. The van der Waals surface area contributed by atoms with Gasteiger partial charge in [-0.1, -0.05) is 0 Å². The molecular formula is C8H12BrNO2. The highest BCUT2D eigenvalue weighted by atomic mass is 79.9. The number of halogens is 1. The molecule has 0 aliphatic rings. The van der Waals surface area contributed by atoms with Gasteiger partial charge in [-0.25, -0.2) is 0 Å². The summed E-state index contributed by atoms with van der Waals surface area (Å²) in [5.74, 6) is 0.863. The quantitative estimate of drug-likeness (QED) is 0.830. The molecule has 0 bridgehead atoms. The number of hydrogen-bond acceptors (Lipinski definition) is 3. The van der Waals surface area contributed by atoms with E-state index in [4.69, 9.17) is 9.52 Å². The van der Waals surface area contributed by atoms with Crippen molar-refractivity contribution in [1.82, 2.24) is 5.32 Å². The summed E-state index contributed by atoms with van der Waals surface area (Å²) in [5, 5.41) is 11.8. The summed E-state index contributed by atoms with van der Waals surface area (Å²) in [4.78, 5) is 0. The largest absolute Gasteiger partial charge is 0.453 e. The summed E-state index contributed by atoms with van der Waals surface area (Å²) in [7, 11) is 0. The van der Waals surface area contributed by atoms with E-state index in [-0.39, 0.29) is 12.6 Å². The van der Waals surface area contributed by atoms with E-state index in [2.05, 4.69) is 21.2 Å². The molecule has 1 aromatic rings. The second kappa shape index (κ2) is 4.64. The van der Waals surface area contributed by atoms with Gasteiger partial charge in [0.2, 0.25) is 0 Å². The van der Waals surface area contributed by atoms with Crippen LogP contribution in [0, 0.1) is 0 Å². The predicted molar refractivity (Wildman–Crippen MR) is 49.8 cm³/mol. The summed E-state index contributed by atoms with van der Waals surface area (Å²) in [5.41, 5.74) is 0. The van der Waals surface area contributed by atoms with E-state index >= 15 is 0 Å². The Morgan fingerprint density at radius 2 is 2.42 bits per heavy atom. The molecule has 0 radical (unpaired) electrons. The maximum absolute atomic E-state index is 8.72. The number of hydrogen-bond donors (Lipinski definition) is 2. The highest BCUT2D eigenvalue weighted by Gasteiger charge is 2.01. The van der Waals surface area contributed by atoms with Crippen molar-refractivity contribution < 1.29 is 9.52 Å². The lowest BCUT2D eigenvalue weighted by molar-refractivity contribution is 0.248. The van der Waals surface area contributed by atoms with Crippen LogP contribution in [-0.4, -0.2) is 17.8 Å². The Balaban J connectivity index is 2.33. The molecule has 0 saturated heterocycles. The Kier molecular flexibility index (Phi) is 3.78. The smallest absolute Gasteiger partial charge is 0.169 e. The van der Waals surface area contributed by atoms with Gasteiger partial charge in [0.05, 0.1) is 13.2 Å². The van der Waals surface area contributed by atoms with Crippen molar-refractivity contribution in [2.24, 2.45) is 0 Å². The van der Waals surface area contributed by atoms with Crippen LogP contribution in [0.4, 0.5) is 0 Å². The van der Waals surface area contributed by atoms with Crippen LogP contribution >= 0.6 is 15.9 Å². The van der Waals surface area contributed by atoms with E-state index in [0.717, 1.165) is 10.4 Å². The summed E-state index contributed by atoms with van der Waals surface area (Å²) in [6, 6.07) is 3.84. The van der Waals surface area contributed by atoms with Gasteiger partial charge < -0.3 is 14.8 Å². The fourth-order valence-corrected chi connectivity index (χ4v) is 1.13. The van der Waals surface area contributed by atoms with Crippen LogP contribution in [0.5, 0.6) is 0 Å². The summed E-state index contributed by atoms with van der Waals surface area (Å²) in [6.07, 6.45) is 0. The summed E-state index contributed by atoms with van der Waals surface area (Å²) >= 11 is 3.21. The predicted octanol–water partition coefficient (Wildman–Crippen LogP) is 1.51. The van der Waals surface area contributed by atoms with Gasteiger partial charge in [0.15, 0.2) is 4.67 Å². The van der Waals surface area contributed by atoms with E-state index in [0.29, 0.717) is 6.54 Å². The summed E-state index contributed by atoms with van der Waals surface area (Å²) in [6.45, 7) is 2.70. The SMILES string of the molecule is CC(CO)NCc1ccc(Br)o1.